The van der Waals surface area contributed by atoms with Crippen molar-refractivity contribution in [1.29, 1.82) is 0 Å². The van der Waals surface area contributed by atoms with Crippen molar-refractivity contribution in [3.63, 3.8) is 0 Å². The van der Waals surface area contributed by atoms with Crippen LogP contribution in [0.25, 0.3) is 20.8 Å². The lowest BCUT2D eigenvalue weighted by molar-refractivity contribution is -0.118. The first-order valence-electron chi connectivity index (χ1n) is 9.47. The van der Waals surface area contributed by atoms with E-state index in [1.165, 1.54) is 0 Å². The summed E-state index contributed by atoms with van der Waals surface area (Å²) in [6, 6.07) is 19.9. The number of carbonyl (C=O) groups excluding carboxylic acids is 1. The third-order valence-corrected chi connectivity index (χ3v) is 6.05. The molecule has 0 saturated carbocycles. The molecule has 0 unspecified atom stereocenters. The number of para-hydroxylation sites is 1. The average Bonchev–Trinajstić information content (AvgIpc) is 3.15. The number of rotatable bonds is 5. The lowest BCUT2D eigenvalue weighted by Crippen LogP contribution is -2.21. The number of nitrogens with one attached hydrogen (secondary N) is 1. The summed E-state index contributed by atoms with van der Waals surface area (Å²) in [6.07, 6.45) is 0. The number of anilines is 1. The zero-order valence-corrected chi connectivity index (χ0v) is 17.5. The molecule has 0 saturated heterocycles. The van der Waals surface area contributed by atoms with Crippen LogP contribution < -0.4 is 10.1 Å². The van der Waals surface area contributed by atoms with Gasteiger partial charge in [-0.15, -0.1) is 11.3 Å². The van der Waals surface area contributed by atoms with Crippen molar-refractivity contribution in [1.82, 2.24) is 4.98 Å². The van der Waals surface area contributed by atoms with Crippen LogP contribution in [0, 0.1) is 20.8 Å². The number of fused-ring (bicyclic) bond motifs is 1. The molecule has 4 aromatic rings. The molecule has 3 aromatic carbocycles. The van der Waals surface area contributed by atoms with Gasteiger partial charge in [-0.1, -0.05) is 36.4 Å². The number of benzene rings is 3. The number of thiazole rings is 1. The molecular weight excluding hydrogens is 380 g/mol. The Bertz CT molecular complexity index is 1160. The normalized spacial score (nSPS) is 10.9. The number of aryl methyl sites for hydroxylation is 2. The van der Waals surface area contributed by atoms with Crippen molar-refractivity contribution in [2.45, 2.75) is 20.8 Å². The molecule has 4 rings (SSSR count). The molecule has 0 radical (unpaired) electrons. The fourth-order valence-electron chi connectivity index (χ4n) is 3.10. The molecule has 1 heterocycles. The SMILES string of the molecule is Cc1ccc(-c2nc3ccccc3s2)cc1NC(=O)COc1cccc(C)c1C. The van der Waals surface area contributed by atoms with E-state index in [0.717, 1.165) is 48.9 Å². The minimum Gasteiger partial charge on any atom is -0.483 e. The van der Waals surface area contributed by atoms with Gasteiger partial charge < -0.3 is 10.1 Å². The Morgan fingerprint density at radius 2 is 1.83 bits per heavy atom. The summed E-state index contributed by atoms with van der Waals surface area (Å²) in [5.41, 5.74) is 5.94. The summed E-state index contributed by atoms with van der Waals surface area (Å²) < 4.78 is 6.87. The quantitative estimate of drug-likeness (QED) is 0.452. The molecule has 1 amide bonds. The maximum atomic E-state index is 12.5. The van der Waals surface area contributed by atoms with E-state index in [1.54, 1.807) is 11.3 Å². The molecule has 146 valence electrons. The molecule has 1 N–H and O–H groups in total. The van der Waals surface area contributed by atoms with E-state index >= 15 is 0 Å². The maximum absolute atomic E-state index is 12.5. The highest BCUT2D eigenvalue weighted by molar-refractivity contribution is 7.21. The third-order valence-electron chi connectivity index (χ3n) is 4.97. The molecule has 1 aromatic heterocycles. The minimum atomic E-state index is -0.185. The van der Waals surface area contributed by atoms with Crippen molar-refractivity contribution in [3.05, 3.63) is 77.4 Å². The fraction of sp³-hybridized carbons (Fsp3) is 0.167. The standard InChI is InChI=1S/C24H22N2O2S/c1-15-7-6-9-21(17(15)3)28-14-23(27)25-20-13-18(12-11-16(20)2)24-26-19-8-4-5-10-22(19)29-24/h4-13H,14H2,1-3H3,(H,25,27). The molecule has 0 spiro atoms. The van der Waals surface area contributed by atoms with Gasteiger partial charge in [0.1, 0.15) is 10.8 Å². The predicted octanol–water partition coefficient (Wildman–Crippen LogP) is 5.91. The lowest BCUT2D eigenvalue weighted by Gasteiger charge is -2.12. The number of nitrogens with zero attached hydrogens (tertiary/aromatic N) is 1. The highest BCUT2D eigenvalue weighted by Crippen LogP contribution is 2.32. The molecule has 29 heavy (non-hydrogen) atoms. The van der Waals surface area contributed by atoms with Gasteiger partial charge in [0.2, 0.25) is 0 Å². The minimum absolute atomic E-state index is 0.0326. The van der Waals surface area contributed by atoms with Crippen LogP contribution in [0.4, 0.5) is 5.69 Å². The average molecular weight is 403 g/mol. The molecule has 0 aliphatic rings. The Morgan fingerprint density at radius 3 is 2.66 bits per heavy atom. The van der Waals surface area contributed by atoms with E-state index in [0.29, 0.717) is 0 Å². The van der Waals surface area contributed by atoms with Crippen LogP contribution in [0.3, 0.4) is 0 Å². The summed E-state index contributed by atoms with van der Waals surface area (Å²) in [6.45, 7) is 5.96. The molecule has 0 aliphatic heterocycles. The summed E-state index contributed by atoms with van der Waals surface area (Å²) in [4.78, 5) is 17.2. The zero-order valence-electron chi connectivity index (χ0n) is 16.7. The summed E-state index contributed by atoms with van der Waals surface area (Å²) in [5.74, 6) is 0.551. The van der Waals surface area contributed by atoms with Crippen LogP contribution in [0.15, 0.2) is 60.7 Å². The first-order valence-corrected chi connectivity index (χ1v) is 10.3. The second kappa shape index (κ2) is 8.05. The van der Waals surface area contributed by atoms with Gasteiger partial charge in [-0.2, -0.15) is 0 Å². The Morgan fingerprint density at radius 1 is 1.00 bits per heavy atom. The summed E-state index contributed by atoms with van der Waals surface area (Å²) >= 11 is 1.65. The third kappa shape index (κ3) is 4.15. The van der Waals surface area contributed by atoms with Gasteiger partial charge >= 0.3 is 0 Å². The van der Waals surface area contributed by atoms with Gasteiger partial charge in [-0.3, -0.25) is 4.79 Å². The Hall–Kier alpha value is -3.18. The predicted molar refractivity (Wildman–Crippen MR) is 120 cm³/mol. The first kappa shape index (κ1) is 19.2. The van der Waals surface area contributed by atoms with E-state index in [2.05, 4.69) is 11.4 Å². The summed E-state index contributed by atoms with van der Waals surface area (Å²) in [7, 11) is 0. The monoisotopic (exact) mass is 402 g/mol. The van der Waals surface area contributed by atoms with Crippen LogP contribution in [-0.4, -0.2) is 17.5 Å². The van der Waals surface area contributed by atoms with Crippen LogP contribution in [0.1, 0.15) is 16.7 Å². The van der Waals surface area contributed by atoms with Crippen LogP contribution in [0.5, 0.6) is 5.75 Å². The van der Waals surface area contributed by atoms with E-state index < -0.39 is 0 Å². The number of hydrogen-bond donors (Lipinski definition) is 1. The number of ether oxygens (including phenoxy) is 1. The van der Waals surface area contributed by atoms with Gasteiger partial charge in [-0.25, -0.2) is 4.98 Å². The van der Waals surface area contributed by atoms with Crippen LogP contribution in [0.2, 0.25) is 0 Å². The van der Waals surface area contributed by atoms with Gasteiger partial charge in [-0.05, 0) is 61.7 Å². The van der Waals surface area contributed by atoms with Gasteiger partial charge in [0.05, 0.1) is 10.2 Å². The van der Waals surface area contributed by atoms with E-state index in [9.17, 15) is 4.79 Å². The molecule has 0 atom stereocenters. The second-order valence-electron chi connectivity index (χ2n) is 7.05. The van der Waals surface area contributed by atoms with Crippen molar-refractivity contribution in [2.75, 3.05) is 11.9 Å². The van der Waals surface area contributed by atoms with Gasteiger partial charge in [0.25, 0.3) is 5.91 Å². The topological polar surface area (TPSA) is 51.2 Å². The van der Waals surface area contributed by atoms with E-state index in [1.807, 2.05) is 75.4 Å². The molecule has 5 heteroatoms. The smallest absolute Gasteiger partial charge is 0.262 e. The zero-order chi connectivity index (χ0) is 20.4. The molecular formula is C24H22N2O2S. The molecule has 0 aliphatic carbocycles. The summed E-state index contributed by atoms with van der Waals surface area (Å²) in [5, 5.41) is 3.91. The second-order valence-corrected chi connectivity index (χ2v) is 8.08. The largest absolute Gasteiger partial charge is 0.483 e. The van der Waals surface area contributed by atoms with Crippen LogP contribution >= 0.6 is 11.3 Å². The van der Waals surface area contributed by atoms with Crippen molar-refractivity contribution in [2.24, 2.45) is 0 Å². The van der Waals surface area contributed by atoms with Gasteiger partial charge in [0.15, 0.2) is 6.61 Å². The van der Waals surface area contributed by atoms with Crippen molar-refractivity contribution < 1.29 is 9.53 Å². The Labute approximate surface area is 174 Å². The Balaban J connectivity index is 1.50. The first-order chi connectivity index (χ1) is 14.0. The number of aromatic nitrogens is 1. The lowest BCUT2D eigenvalue weighted by atomic mass is 10.1. The van der Waals surface area contributed by atoms with E-state index in [-0.39, 0.29) is 12.5 Å². The maximum Gasteiger partial charge on any atom is 0.262 e. The highest BCUT2D eigenvalue weighted by atomic mass is 32.1. The van der Waals surface area contributed by atoms with E-state index in [4.69, 9.17) is 9.72 Å². The molecule has 4 nitrogen and oxygen atoms in total. The number of hydrogen-bond acceptors (Lipinski definition) is 4. The number of amides is 1. The van der Waals surface area contributed by atoms with Crippen molar-refractivity contribution >= 4 is 33.1 Å². The highest BCUT2D eigenvalue weighted by Gasteiger charge is 2.11. The fourth-order valence-corrected chi connectivity index (χ4v) is 4.06. The molecule has 0 bridgehead atoms. The van der Waals surface area contributed by atoms with Gasteiger partial charge in [0, 0.05) is 11.3 Å². The number of carbonyl (C=O) groups is 1. The Kier molecular flexibility index (Phi) is 5.32. The van der Waals surface area contributed by atoms with Crippen LogP contribution in [-0.2, 0) is 4.79 Å². The molecule has 0 fully saturated rings. The van der Waals surface area contributed by atoms with Crippen molar-refractivity contribution in [3.8, 4) is 16.3 Å².